The summed E-state index contributed by atoms with van der Waals surface area (Å²) in [6.45, 7) is 1.39. The maximum atomic E-state index is 13.3. The van der Waals surface area contributed by atoms with Gasteiger partial charge in [-0.05, 0) is 37.3 Å². The van der Waals surface area contributed by atoms with Crippen LogP contribution in [0.4, 0.5) is 26.3 Å². The maximum absolute atomic E-state index is 13.3. The topological polar surface area (TPSA) is 39.9 Å². The Hall–Kier alpha value is -2.78. The smallest absolute Gasteiger partial charge is 0.449 e. The van der Waals surface area contributed by atoms with E-state index >= 15 is 0 Å². The van der Waals surface area contributed by atoms with Crippen LogP contribution in [0.3, 0.4) is 0 Å². The molecule has 0 unspecified atom stereocenters. The third-order valence-corrected chi connectivity index (χ3v) is 3.80. The van der Waals surface area contributed by atoms with E-state index < -0.39 is 23.7 Å². The fraction of sp³-hybridized carbons (Fsp3) is 0.294. The minimum atomic E-state index is -4.82. The molecule has 0 aliphatic heterocycles. The molecule has 27 heavy (non-hydrogen) atoms. The number of ether oxygens (including phenoxy) is 1. The molecule has 10 heteroatoms. The van der Waals surface area contributed by atoms with Crippen molar-refractivity contribution >= 4 is 11.0 Å². The van der Waals surface area contributed by atoms with Crippen LogP contribution < -0.4 is 4.74 Å². The molecule has 3 aromatic rings. The van der Waals surface area contributed by atoms with Crippen molar-refractivity contribution in [1.29, 1.82) is 0 Å². The van der Waals surface area contributed by atoms with Gasteiger partial charge in [0, 0.05) is 5.69 Å². The molecule has 3 rings (SSSR count). The zero-order valence-corrected chi connectivity index (χ0v) is 13.9. The molecule has 0 atom stereocenters. The third-order valence-electron chi connectivity index (χ3n) is 3.80. The lowest BCUT2D eigenvalue weighted by molar-refractivity contribution is -0.147. The normalized spacial score (nSPS) is 12.6. The predicted octanol–water partition coefficient (Wildman–Crippen LogP) is 4.86. The van der Waals surface area contributed by atoms with Crippen molar-refractivity contribution in [1.82, 2.24) is 14.5 Å². The number of nitrogens with zero attached hydrogens (tertiary/aromatic N) is 3. The Morgan fingerprint density at radius 1 is 1.00 bits per heavy atom. The van der Waals surface area contributed by atoms with E-state index in [1.54, 1.807) is 19.1 Å². The Kier molecular flexibility index (Phi) is 4.75. The van der Waals surface area contributed by atoms with Gasteiger partial charge in [0.15, 0.2) is 0 Å². The molecule has 4 nitrogen and oxygen atoms in total. The van der Waals surface area contributed by atoms with Crippen molar-refractivity contribution in [3.05, 3.63) is 53.6 Å². The van der Waals surface area contributed by atoms with E-state index in [0.29, 0.717) is 11.8 Å². The van der Waals surface area contributed by atoms with Gasteiger partial charge in [-0.25, -0.2) is 4.98 Å². The van der Waals surface area contributed by atoms with Gasteiger partial charge in [-0.2, -0.15) is 26.3 Å². The van der Waals surface area contributed by atoms with Crippen molar-refractivity contribution in [2.24, 2.45) is 0 Å². The Morgan fingerprint density at radius 3 is 2.33 bits per heavy atom. The number of halogens is 6. The van der Waals surface area contributed by atoms with E-state index in [2.05, 4.69) is 9.97 Å². The highest BCUT2D eigenvalue weighted by atomic mass is 19.4. The van der Waals surface area contributed by atoms with Crippen molar-refractivity contribution in [2.75, 3.05) is 6.61 Å². The van der Waals surface area contributed by atoms with Crippen molar-refractivity contribution < 1.29 is 31.1 Å². The van der Waals surface area contributed by atoms with Crippen molar-refractivity contribution in [3.63, 3.8) is 0 Å². The molecule has 144 valence electrons. The molecule has 0 N–H and O–H groups in total. The molecular formula is C17H13F6N3O. The summed E-state index contributed by atoms with van der Waals surface area (Å²) < 4.78 is 84.3. The van der Waals surface area contributed by atoms with Gasteiger partial charge in [-0.15, -0.1) is 0 Å². The summed E-state index contributed by atoms with van der Waals surface area (Å²) >= 11 is 0. The summed E-state index contributed by atoms with van der Waals surface area (Å²) in [5.41, 5.74) is -0.742. The number of rotatable bonds is 4. The summed E-state index contributed by atoms with van der Waals surface area (Å²) in [5, 5.41) is 0. The summed E-state index contributed by atoms with van der Waals surface area (Å²) in [7, 11) is 0. The molecular weight excluding hydrogens is 376 g/mol. The van der Waals surface area contributed by atoms with Gasteiger partial charge in [0.25, 0.3) is 0 Å². The van der Waals surface area contributed by atoms with Gasteiger partial charge in [0.2, 0.25) is 5.82 Å². The number of imidazole rings is 1. The second-order valence-corrected chi connectivity index (χ2v) is 5.77. The molecule has 0 bridgehead atoms. The number of benzene rings is 1. The number of pyridine rings is 1. The summed E-state index contributed by atoms with van der Waals surface area (Å²) in [4.78, 5) is 7.37. The second kappa shape index (κ2) is 6.75. The van der Waals surface area contributed by atoms with Crippen LogP contribution in [0, 0.1) is 6.92 Å². The van der Waals surface area contributed by atoms with Gasteiger partial charge in [-0.1, -0.05) is 0 Å². The fourth-order valence-corrected chi connectivity index (χ4v) is 2.54. The highest BCUT2D eigenvalue weighted by molar-refractivity contribution is 5.77. The van der Waals surface area contributed by atoms with Crippen LogP contribution in [0.15, 0.2) is 36.5 Å². The van der Waals surface area contributed by atoms with Crippen LogP contribution in [0.1, 0.15) is 17.1 Å². The lowest BCUT2D eigenvalue weighted by Crippen LogP contribution is -2.18. The first kappa shape index (κ1) is 19.0. The zero-order chi connectivity index (χ0) is 19.8. The first-order valence-corrected chi connectivity index (χ1v) is 7.76. The molecule has 0 saturated carbocycles. The summed E-state index contributed by atoms with van der Waals surface area (Å²) in [5.74, 6) is -0.902. The predicted molar refractivity (Wildman–Crippen MR) is 84.2 cm³/mol. The fourth-order valence-electron chi connectivity index (χ4n) is 2.54. The quantitative estimate of drug-likeness (QED) is 0.599. The standard InChI is InChI=1S/C17H13F6N3O/c1-10-2-4-12(9-24-10)27-7-6-26-14-5-3-11(16(18,19)20)8-13(14)25-15(26)17(21,22)23/h2-5,8-9H,6-7H2,1H3. The molecule has 1 aromatic carbocycles. The molecule has 2 heterocycles. The molecule has 2 aromatic heterocycles. The first-order chi connectivity index (χ1) is 12.6. The van der Waals surface area contributed by atoms with Gasteiger partial charge in [0.1, 0.15) is 12.4 Å². The molecule has 0 amide bonds. The highest BCUT2D eigenvalue weighted by Crippen LogP contribution is 2.35. The van der Waals surface area contributed by atoms with Crippen LogP contribution in [0.25, 0.3) is 11.0 Å². The Morgan fingerprint density at radius 2 is 1.74 bits per heavy atom. The number of hydrogen-bond donors (Lipinski definition) is 0. The van der Waals surface area contributed by atoms with E-state index in [1.165, 1.54) is 6.20 Å². The summed E-state index contributed by atoms with van der Waals surface area (Å²) in [6, 6.07) is 5.61. The number of hydrogen-bond acceptors (Lipinski definition) is 3. The molecule has 0 saturated heterocycles. The number of alkyl halides is 6. The third kappa shape index (κ3) is 4.15. The number of aromatic nitrogens is 3. The minimum Gasteiger partial charge on any atom is -0.490 e. The second-order valence-electron chi connectivity index (χ2n) is 5.77. The SMILES string of the molecule is Cc1ccc(OCCn2c(C(F)(F)F)nc3cc(C(F)(F)F)ccc32)cn1. The average molecular weight is 389 g/mol. The van der Waals surface area contributed by atoms with Gasteiger partial charge < -0.3 is 9.30 Å². The van der Waals surface area contributed by atoms with E-state index in [4.69, 9.17) is 4.74 Å². The number of aryl methyl sites for hydroxylation is 1. The van der Waals surface area contributed by atoms with Gasteiger partial charge >= 0.3 is 12.4 Å². The van der Waals surface area contributed by atoms with E-state index in [9.17, 15) is 26.3 Å². The van der Waals surface area contributed by atoms with E-state index in [1.807, 2.05) is 0 Å². The lowest BCUT2D eigenvalue weighted by atomic mass is 10.2. The molecule has 0 spiro atoms. The lowest BCUT2D eigenvalue weighted by Gasteiger charge is -2.12. The molecule has 0 radical (unpaired) electrons. The zero-order valence-electron chi connectivity index (χ0n) is 13.9. The van der Waals surface area contributed by atoms with Crippen LogP contribution in [0.5, 0.6) is 5.75 Å². The maximum Gasteiger partial charge on any atom is 0.449 e. The van der Waals surface area contributed by atoms with Crippen molar-refractivity contribution in [2.45, 2.75) is 25.8 Å². The minimum absolute atomic E-state index is 0.0547. The number of fused-ring (bicyclic) bond motifs is 1. The van der Waals surface area contributed by atoms with Crippen LogP contribution in [0.2, 0.25) is 0 Å². The first-order valence-electron chi connectivity index (χ1n) is 7.76. The Bertz CT molecular complexity index is 944. The highest BCUT2D eigenvalue weighted by Gasteiger charge is 2.38. The van der Waals surface area contributed by atoms with Crippen molar-refractivity contribution in [3.8, 4) is 5.75 Å². The van der Waals surface area contributed by atoms with Gasteiger partial charge in [0.05, 0.1) is 29.3 Å². The Balaban J connectivity index is 1.91. The van der Waals surface area contributed by atoms with Gasteiger partial charge in [-0.3, -0.25) is 4.98 Å². The molecule has 0 aliphatic carbocycles. The summed E-state index contributed by atoms with van der Waals surface area (Å²) in [6.07, 6.45) is -8.05. The largest absolute Gasteiger partial charge is 0.490 e. The average Bonchev–Trinajstić information content (AvgIpc) is 2.94. The van der Waals surface area contributed by atoms with Crippen LogP contribution in [-0.2, 0) is 18.9 Å². The monoisotopic (exact) mass is 389 g/mol. The molecule has 0 fully saturated rings. The van der Waals surface area contributed by atoms with E-state index in [-0.39, 0.29) is 24.2 Å². The Labute approximate surface area is 149 Å². The molecule has 0 aliphatic rings. The van der Waals surface area contributed by atoms with Crippen LogP contribution in [-0.4, -0.2) is 21.1 Å². The van der Waals surface area contributed by atoms with Crippen LogP contribution >= 0.6 is 0 Å². The van der Waals surface area contributed by atoms with E-state index in [0.717, 1.165) is 22.4 Å².